The first-order valence-corrected chi connectivity index (χ1v) is 15.1. The molecule has 1 aromatic rings. The molecule has 0 aromatic carbocycles. The van der Waals surface area contributed by atoms with Crippen molar-refractivity contribution in [3.05, 3.63) is 22.3 Å². The van der Waals surface area contributed by atoms with E-state index in [0.29, 0.717) is 85.6 Å². The third-order valence-corrected chi connectivity index (χ3v) is 5.64. The number of terminal acetylenes is 1. The van der Waals surface area contributed by atoms with Crippen LogP contribution in [0.1, 0.15) is 5.69 Å². The van der Waals surface area contributed by atoms with E-state index in [1.54, 1.807) is 4.68 Å². The van der Waals surface area contributed by atoms with Gasteiger partial charge in [0.25, 0.3) is 11.8 Å². The van der Waals surface area contributed by atoms with Gasteiger partial charge < -0.3 is 49.7 Å². The third-order valence-electron chi connectivity index (χ3n) is 5.64. The van der Waals surface area contributed by atoms with E-state index in [9.17, 15) is 19.2 Å². The van der Waals surface area contributed by atoms with E-state index >= 15 is 0 Å². The Bertz CT molecular complexity index is 1170. The van der Waals surface area contributed by atoms with Crippen LogP contribution in [0.2, 0.25) is 0 Å². The van der Waals surface area contributed by atoms with Gasteiger partial charge in [0.05, 0.1) is 84.9 Å². The number of rotatable bonds is 27. The highest BCUT2D eigenvalue weighted by Crippen LogP contribution is 2.02. The molecule has 2 atom stereocenters. The largest absolute Gasteiger partial charge is 0.379 e. The Kier molecular flexibility index (Phi) is 24.5. The molecule has 2 aliphatic heterocycles. The summed E-state index contributed by atoms with van der Waals surface area (Å²) in [5.74, 6) is 1.42. The summed E-state index contributed by atoms with van der Waals surface area (Å²) in [4.78, 5) is 46.3. The van der Waals surface area contributed by atoms with E-state index in [2.05, 4.69) is 47.5 Å². The summed E-state index contributed by atoms with van der Waals surface area (Å²) in [7, 11) is 3.68. The second kappa shape index (κ2) is 28.0. The highest BCUT2D eigenvalue weighted by atomic mass is 16.5. The van der Waals surface area contributed by atoms with Crippen molar-refractivity contribution in [1.82, 2.24) is 36.3 Å². The van der Waals surface area contributed by atoms with Crippen molar-refractivity contribution in [3.8, 4) is 12.3 Å². The summed E-state index contributed by atoms with van der Waals surface area (Å²) < 4.78 is 32.9. The SMILES string of the molecule is C#CCNC.CNCc1cn(CCOCCOCCOCC(=O)C2NC2=O)nn1.[N-]=[N+]=NCCOCCOCCOCC(=O)C1NC1=O. The number of carbonyl (C=O) groups is 4. The Morgan fingerprint density at radius 2 is 1.35 bits per heavy atom. The van der Waals surface area contributed by atoms with Crippen LogP contribution >= 0.6 is 0 Å². The minimum absolute atomic E-state index is 0.0727. The quantitative estimate of drug-likeness (QED) is 0.0141. The molecule has 0 spiro atoms. The predicted octanol–water partition coefficient (Wildman–Crippen LogP) is -2.63. The number of nitrogens with zero attached hydrogens (tertiary/aromatic N) is 6. The van der Waals surface area contributed by atoms with Crippen LogP contribution in [-0.2, 0) is 60.7 Å². The molecule has 0 saturated carbocycles. The Morgan fingerprint density at radius 1 is 0.875 bits per heavy atom. The second-order valence-electron chi connectivity index (χ2n) is 9.56. The summed E-state index contributed by atoms with van der Waals surface area (Å²) in [5, 5.41) is 21.9. The van der Waals surface area contributed by atoms with Crippen LogP contribution in [0.15, 0.2) is 11.3 Å². The zero-order valence-corrected chi connectivity index (χ0v) is 27.4. The lowest BCUT2D eigenvalue weighted by molar-refractivity contribution is -0.126. The number of nitrogens with one attached hydrogen (secondary N) is 4. The molecule has 3 heterocycles. The third kappa shape index (κ3) is 22.5. The van der Waals surface area contributed by atoms with E-state index in [-0.39, 0.29) is 43.2 Å². The number of carbonyl (C=O) groups excluding carboxylic acids is 4. The first kappa shape index (κ1) is 42.0. The van der Waals surface area contributed by atoms with Crippen LogP contribution in [0.3, 0.4) is 0 Å². The van der Waals surface area contributed by atoms with Crippen molar-refractivity contribution >= 4 is 23.4 Å². The van der Waals surface area contributed by atoms with E-state index in [4.69, 9.17) is 40.4 Å². The number of ketones is 2. The van der Waals surface area contributed by atoms with Crippen molar-refractivity contribution in [1.29, 1.82) is 0 Å². The topological polar surface area (TPSA) is 271 Å². The van der Waals surface area contributed by atoms with Crippen LogP contribution in [0.25, 0.3) is 10.4 Å². The Morgan fingerprint density at radius 3 is 1.77 bits per heavy atom. The van der Waals surface area contributed by atoms with Gasteiger partial charge in [-0.3, -0.25) is 19.2 Å². The molecular weight excluding hydrogens is 636 g/mol. The number of ether oxygens (including phenoxy) is 6. The minimum Gasteiger partial charge on any atom is -0.379 e. The van der Waals surface area contributed by atoms with Gasteiger partial charge in [0.1, 0.15) is 13.2 Å². The fourth-order valence-electron chi connectivity index (χ4n) is 3.17. The highest BCUT2D eigenvalue weighted by molar-refractivity contribution is 6.18. The lowest BCUT2D eigenvalue weighted by Crippen LogP contribution is -2.19. The van der Waals surface area contributed by atoms with Crippen molar-refractivity contribution in [2.75, 3.05) is 106 Å². The fourth-order valence-corrected chi connectivity index (χ4v) is 3.17. The maximum absolute atomic E-state index is 11.3. The molecule has 0 radical (unpaired) electrons. The molecule has 20 heteroatoms. The van der Waals surface area contributed by atoms with E-state index < -0.39 is 12.1 Å². The van der Waals surface area contributed by atoms with Crippen molar-refractivity contribution in [2.24, 2.45) is 5.11 Å². The van der Waals surface area contributed by atoms with Gasteiger partial charge in [0.15, 0.2) is 23.7 Å². The number of Topliss-reactive ketones (excluding diaryl/α,β-unsaturated/α-hetero) is 2. The summed E-state index contributed by atoms with van der Waals surface area (Å²) in [5.41, 5.74) is 8.89. The maximum Gasteiger partial charge on any atom is 0.251 e. The lowest BCUT2D eigenvalue weighted by atomic mass is 10.3. The molecule has 2 saturated heterocycles. The van der Waals surface area contributed by atoms with Gasteiger partial charge >= 0.3 is 0 Å². The molecule has 20 nitrogen and oxygen atoms in total. The van der Waals surface area contributed by atoms with Gasteiger partial charge in [-0.05, 0) is 19.6 Å². The first-order valence-electron chi connectivity index (χ1n) is 15.1. The molecule has 2 unspecified atom stereocenters. The summed E-state index contributed by atoms with van der Waals surface area (Å²) in [6.45, 7) is 6.05. The van der Waals surface area contributed by atoms with Gasteiger partial charge in [-0.1, -0.05) is 16.2 Å². The van der Waals surface area contributed by atoms with Crippen LogP contribution < -0.4 is 21.3 Å². The molecule has 4 N–H and O–H groups in total. The zero-order valence-electron chi connectivity index (χ0n) is 27.4. The average Bonchev–Trinajstić information content (AvgIpc) is 3.96. The predicted molar refractivity (Wildman–Crippen MR) is 168 cm³/mol. The van der Waals surface area contributed by atoms with Crippen LogP contribution in [0.4, 0.5) is 0 Å². The van der Waals surface area contributed by atoms with Crippen LogP contribution in [0.5, 0.6) is 0 Å². The highest BCUT2D eigenvalue weighted by Gasteiger charge is 2.40. The lowest BCUT2D eigenvalue weighted by Gasteiger charge is -2.06. The van der Waals surface area contributed by atoms with Gasteiger partial charge in [-0.15, -0.1) is 11.5 Å². The summed E-state index contributed by atoms with van der Waals surface area (Å²) in [6.07, 6.45) is 6.70. The molecular formula is C28H46N10O10. The van der Waals surface area contributed by atoms with Crippen LogP contribution in [0, 0.1) is 12.3 Å². The first-order chi connectivity index (χ1) is 23.4. The van der Waals surface area contributed by atoms with Gasteiger partial charge in [-0.2, -0.15) is 0 Å². The number of hydrogen-bond acceptors (Lipinski definition) is 15. The minimum atomic E-state index is -0.662. The zero-order chi connectivity index (χ0) is 35.2. The molecule has 2 amide bonds. The van der Waals surface area contributed by atoms with Crippen molar-refractivity contribution < 1.29 is 47.6 Å². The van der Waals surface area contributed by atoms with Gasteiger partial charge in [-0.25, -0.2) is 4.68 Å². The number of hydrogen-bond donors (Lipinski definition) is 4. The number of azide groups is 1. The monoisotopic (exact) mass is 682 g/mol. The molecule has 2 fully saturated rings. The Balaban J connectivity index is 0.000000430. The average molecular weight is 683 g/mol. The summed E-state index contributed by atoms with van der Waals surface area (Å²) >= 11 is 0. The van der Waals surface area contributed by atoms with Gasteiger partial charge in [0.2, 0.25) is 0 Å². The standard InChI is InChI=1S/C14H23N5O5.C10H16N4O5.C4H7N/c1-15-8-11-9-19(18-17-11)2-3-22-4-5-23-6-7-24-10-12(20)13-14(21)16-13;11-14-12-1-2-17-3-4-18-5-6-19-7-8(15)9-10(16)13-9;1-3-4-5-2/h9,13,15H,2-8,10H2,1H3,(H,16,21);9H,1-7H2,(H,13,16);1,5H,4H2,2H3. The molecule has 2 aliphatic rings. The van der Waals surface area contributed by atoms with Crippen molar-refractivity contribution in [3.63, 3.8) is 0 Å². The van der Waals surface area contributed by atoms with Crippen LogP contribution in [-0.4, -0.2) is 157 Å². The second-order valence-corrected chi connectivity index (χ2v) is 9.56. The fraction of sp³-hybridized carbons (Fsp3) is 0.714. The Labute approximate surface area is 278 Å². The maximum atomic E-state index is 11.3. The summed E-state index contributed by atoms with van der Waals surface area (Å²) in [6, 6.07) is -1.32. The van der Waals surface area contributed by atoms with Gasteiger partial charge in [0, 0.05) is 24.2 Å². The molecule has 3 rings (SSSR count). The molecule has 268 valence electrons. The molecule has 0 bridgehead atoms. The Hall–Kier alpha value is -4.03. The van der Waals surface area contributed by atoms with E-state index in [1.807, 2.05) is 20.3 Å². The van der Waals surface area contributed by atoms with E-state index in [0.717, 1.165) is 5.69 Å². The number of aromatic nitrogens is 3. The number of amides is 2. The molecule has 0 aliphatic carbocycles. The van der Waals surface area contributed by atoms with Crippen molar-refractivity contribution in [2.45, 2.75) is 25.2 Å². The molecule has 1 aromatic heterocycles. The molecule has 48 heavy (non-hydrogen) atoms. The smallest absolute Gasteiger partial charge is 0.251 e. The van der Waals surface area contributed by atoms with E-state index in [1.165, 1.54) is 0 Å². The normalized spacial score (nSPS) is 15.4.